The summed E-state index contributed by atoms with van der Waals surface area (Å²) in [6, 6.07) is 17.6. The average molecular weight is 603 g/mol. The van der Waals surface area contributed by atoms with E-state index in [4.69, 9.17) is 14.6 Å². The first-order valence-corrected chi connectivity index (χ1v) is 16.3. The van der Waals surface area contributed by atoms with Crippen molar-refractivity contribution >= 4 is 11.8 Å². The Morgan fingerprint density at radius 3 is 2.43 bits per heavy atom. The van der Waals surface area contributed by atoms with Crippen LogP contribution < -0.4 is 20.1 Å². The summed E-state index contributed by atoms with van der Waals surface area (Å²) in [6.45, 7) is 9.65. The van der Waals surface area contributed by atoms with Crippen LogP contribution in [0.1, 0.15) is 101 Å². The highest BCUT2D eigenvalue weighted by atomic mass is 16.5. The SMILES string of the molecule is CCCCNC(=O)C[C@H](CC(C)C)NC(=O)c1cc(-c2c(OC)cccc2OCc2ccccc2)n(C2CCC(C)CC2)n1. The van der Waals surface area contributed by atoms with E-state index in [1.807, 2.05) is 59.3 Å². The van der Waals surface area contributed by atoms with Crippen LogP contribution in [0.15, 0.2) is 54.6 Å². The van der Waals surface area contributed by atoms with Crippen LogP contribution in [-0.2, 0) is 11.4 Å². The molecule has 1 heterocycles. The summed E-state index contributed by atoms with van der Waals surface area (Å²) < 4.78 is 14.2. The largest absolute Gasteiger partial charge is 0.496 e. The summed E-state index contributed by atoms with van der Waals surface area (Å²) in [4.78, 5) is 26.4. The molecule has 1 saturated carbocycles. The van der Waals surface area contributed by atoms with Gasteiger partial charge < -0.3 is 20.1 Å². The van der Waals surface area contributed by atoms with Crippen LogP contribution in [-0.4, -0.2) is 41.3 Å². The van der Waals surface area contributed by atoms with E-state index < -0.39 is 0 Å². The second-order valence-electron chi connectivity index (χ2n) is 12.6. The molecular weight excluding hydrogens is 552 g/mol. The molecule has 2 aromatic carbocycles. The van der Waals surface area contributed by atoms with E-state index >= 15 is 0 Å². The van der Waals surface area contributed by atoms with Gasteiger partial charge in [-0.25, -0.2) is 0 Å². The van der Waals surface area contributed by atoms with Crippen LogP contribution >= 0.6 is 0 Å². The highest BCUT2D eigenvalue weighted by Gasteiger charge is 2.29. The van der Waals surface area contributed by atoms with Gasteiger partial charge in [0.1, 0.15) is 18.1 Å². The summed E-state index contributed by atoms with van der Waals surface area (Å²) in [5.41, 5.74) is 2.97. The lowest BCUT2D eigenvalue weighted by atomic mass is 9.87. The molecule has 0 spiro atoms. The van der Waals surface area contributed by atoms with Crippen LogP contribution in [0.5, 0.6) is 11.5 Å². The number of nitrogens with one attached hydrogen (secondary N) is 2. The number of ether oxygens (including phenoxy) is 2. The Labute approximate surface area is 262 Å². The second kappa shape index (κ2) is 16.3. The minimum Gasteiger partial charge on any atom is -0.496 e. The van der Waals surface area contributed by atoms with Gasteiger partial charge in [0.15, 0.2) is 5.69 Å². The van der Waals surface area contributed by atoms with Gasteiger partial charge in [-0.3, -0.25) is 14.3 Å². The van der Waals surface area contributed by atoms with Crippen molar-refractivity contribution in [2.75, 3.05) is 13.7 Å². The summed E-state index contributed by atoms with van der Waals surface area (Å²) in [6.07, 6.45) is 7.09. The van der Waals surface area contributed by atoms with Gasteiger partial charge in [0.25, 0.3) is 5.91 Å². The Morgan fingerprint density at radius 1 is 1.02 bits per heavy atom. The van der Waals surface area contributed by atoms with Gasteiger partial charge in [0, 0.05) is 19.0 Å². The zero-order chi connectivity index (χ0) is 31.5. The number of hydrogen-bond acceptors (Lipinski definition) is 5. The molecule has 0 unspecified atom stereocenters. The molecule has 1 aliphatic rings. The highest BCUT2D eigenvalue weighted by molar-refractivity contribution is 5.94. The summed E-state index contributed by atoms with van der Waals surface area (Å²) >= 11 is 0. The maximum atomic E-state index is 13.8. The molecule has 238 valence electrons. The first-order valence-electron chi connectivity index (χ1n) is 16.3. The zero-order valence-corrected chi connectivity index (χ0v) is 27.1. The Balaban J connectivity index is 1.66. The first kappa shape index (κ1) is 33.1. The zero-order valence-electron chi connectivity index (χ0n) is 27.1. The van der Waals surface area contributed by atoms with Gasteiger partial charge in [0.2, 0.25) is 5.91 Å². The lowest BCUT2D eigenvalue weighted by Crippen LogP contribution is -2.40. The van der Waals surface area contributed by atoms with Crippen molar-refractivity contribution in [2.45, 2.75) is 97.8 Å². The van der Waals surface area contributed by atoms with Gasteiger partial charge in [-0.1, -0.05) is 70.5 Å². The molecule has 0 radical (unpaired) electrons. The second-order valence-corrected chi connectivity index (χ2v) is 12.6. The quantitative estimate of drug-likeness (QED) is 0.178. The van der Waals surface area contributed by atoms with Crippen LogP contribution in [0.25, 0.3) is 11.3 Å². The molecule has 1 fully saturated rings. The van der Waals surface area contributed by atoms with E-state index in [9.17, 15) is 9.59 Å². The fourth-order valence-corrected chi connectivity index (χ4v) is 5.97. The van der Waals surface area contributed by atoms with E-state index in [1.165, 1.54) is 0 Å². The smallest absolute Gasteiger partial charge is 0.272 e. The molecule has 44 heavy (non-hydrogen) atoms. The maximum Gasteiger partial charge on any atom is 0.272 e. The molecule has 0 saturated heterocycles. The fraction of sp³-hybridized carbons (Fsp3) is 0.528. The number of amides is 2. The topological polar surface area (TPSA) is 94.5 Å². The van der Waals surface area contributed by atoms with Crippen molar-refractivity contribution < 1.29 is 19.1 Å². The third kappa shape index (κ3) is 9.10. The van der Waals surface area contributed by atoms with Crippen molar-refractivity contribution in [1.82, 2.24) is 20.4 Å². The van der Waals surface area contributed by atoms with E-state index in [-0.39, 0.29) is 30.3 Å². The van der Waals surface area contributed by atoms with E-state index in [0.717, 1.165) is 55.3 Å². The summed E-state index contributed by atoms with van der Waals surface area (Å²) in [7, 11) is 1.65. The molecule has 1 atom stereocenters. The van der Waals surface area contributed by atoms with Crippen LogP contribution in [0.2, 0.25) is 0 Å². The van der Waals surface area contributed by atoms with E-state index in [1.54, 1.807) is 7.11 Å². The minimum absolute atomic E-state index is 0.0406. The van der Waals surface area contributed by atoms with Gasteiger partial charge in [-0.2, -0.15) is 5.10 Å². The molecular formula is C36H50N4O4. The number of methoxy groups -OCH3 is 1. The number of aromatic nitrogens is 2. The van der Waals surface area contributed by atoms with Gasteiger partial charge >= 0.3 is 0 Å². The predicted molar refractivity (Wildman–Crippen MR) is 175 cm³/mol. The number of hydrogen-bond donors (Lipinski definition) is 2. The molecule has 3 aromatic rings. The van der Waals surface area contributed by atoms with E-state index in [2.05, 4.69) is 38.3 Å². The number of unbranched alkanes of at least 4 members (excludes halogenated alkanes) is 1. The van der Waals surface area contributed by atoms with Crippen molar-refractivity contribution in [2.24, 2.45) is 11.8 Å². The molecule has 1 aliphatic carbocycles. The van der Waals surface area contributed by atoms with Crippen molar-refractivity contribution in [3.63, 3.8) is 0 Å². The Bertz CT molecular complexity index is 1350. The van der Waals surface area contributed by atoms with Crippen molar-refractivity contribution in [1.29, 1.82) is 0 Å². The average Bonchev–Trinajstić information content (AvgIpc) is 3.45. The fourth-order valence-electron chi connectivity index (χ4n) is 5.97. The molecule has 0 bridgehead atoms. The summed E-state index contributed by atoms with van der Waals surface area (Å²) in [5.74, 6) is 2.01. The molecule has 2 N–H and O–H groups in total. The maximum absolute atomic E-state index is 13.8. The normalized spacial score (nSPS) is 17.2. The monoisotopic (exact) mass is 602 g/mol. The minimum atomic E-state index is -0.288. The molecule has 0 aliphatic heterocycles. The number of benzene rings is 2. The molecule has 8 heteroatoms. The van der Waals surface area contributed by atoms with Gasteiger partial charge in [-0.05, 0) is 74.1 Å². The number of carbonyl (C=O) groups excluding carboxylic acids is 2. The van der Waals surface area contributed by atoms with Gasteiger partial charge in [0.05, 0.1) is 24.4 Å². The summed E-state index contributed by atoms with van der Waals surface area (Å²) in [5, 5.41) is 11.1. The molecule has 2 amide bonds. The lowest BCUT2D eigenvalue weighted by molar-refractivity contribution is -0.121. The third-order valence-corrected chi connectivity index (χ3v) is 8.38. The van der Waals surface area contributed by atoms with Crippen LogP contribution in [0.3, 0.4) is 0 Å². The van der Waals surface area contributed by atoms with Crippen LogP contribution in [0.4, 0.5) is 0 Å². The van der Waals surface area contributed by atoms with Gasteiger partial charge in [-0.15, -0.1) is 0 Å². The number of rotatable bonds is 15. The number of nitrogens with zero attached hydrogens (tertiary/aromatic N) is 2. The molecule has 4 rings (SSSR count). The third-order valence-electron chi connectivity index (χ3n) is 8.38. The Morgan fingerprint density at radius 2 is 1.75 bits per heavy atom. The van der Waals surface area contributed by atoms with E-state index in [0.29, 0.717) is 48.6 Å². The lowest BCUT2D eigenvalue weighted by Gasteiger charge is -2.28. The highest BCUT2D eigenvalue weighted by Crippen LogP contribution is 2.42. The standard InChI is InChI=1S/C36H50N4O4/c1-6-7-20-37-34(41)22-28(21-25(2)3)38-36(42)30-23-31(40(39-30)29-18-16-26(4)17-19-29)35-32(43-5)14-11-15-33(35)44-24-27-12-9-8-10-13-27/h8-15,23,25-26,28-29H,6-7,16-22,24H2,1-5H3,(H,37,41)(H,38,42)/t26?,28-,29?/m0/s1. The van der Waals surface area contributed by atoms with Crippen LogP contribution in [0, 0.1) is 11.8 Å². The number of carbonyl (C=O) groups is 2. The molecule has 1 aromatic heterocycles. The predicted octanol–water partition coefficient (Wildman–Crippen LogP) is 7.34. The first-order chi connectivity index (χ1) is 21.3. The molecule has 8 nitrogen and oxygen atoms in total. The van der Waals surface area contributed by atoms with Crippen molar-refractivity contribution in [3.8, 4) is 22.8 Å². The Hall–Kier alpha value is -3.81. The Kier molecular flexibility index (Phi) is 12.3. The van der Waals surface area contributed by atoms with Crippen molar-refractivity contribution in [3.05, 3.63) is 65.9 Å².